The van der Waals surface area contributed by atoms with Crippen molar-refractivity contribution in [1.29, 1.82) is 0 Å². The Bertz CT molecular complexity index is 2880. The Morgan fingerprint density at radius 1 is 0.493 bits per heavy atom. The summed E-state index contributed by atoms with van der Waals surface area (Å²) in [6.45, 7) is 2.32. The van der Waals surface area contributed by atoms with Crippen molar-refractivity contribution in [3.05, 3.63) is 198 Å². The molecule has 2 aliphatic carbocycles. The number of imidazole rings is 2. The summed E-state index contributed by atoms with van der Waals surface area (Å²) < 4.78 is 14.4. The van der Waals surface area contributed by atoms with Crippen LogP contribution in [0.2, 0.25) is 0 Å². The summed E-state index contributed by atoms with van der Waals surface area (Å²) >= 11 is 0. The summed E-state index contributed by atoms with van der Waals surface area (Å²) in [5.74, 6) is 0.137. The maximum atomic E-state index is 12.5. The van der Waals surface area contributed by atoms with Crippen molar-refractivity contribution in [1.82, 2.24) is 19.1 Å². The Hall–Kier alpha value is -8.69. The van der Waals surface area contributed by atoms with Crippen LogP contribution in [0.25, 0.3) is 22.3 Å². The largest absolute Gasteiger partial charge is 0.448 e. The Morgan fingerprint density at radius 2 is 0.812 bits per heavy atom. The molecule has 0 atom stereocenters. The van der Waals surface area contributed by atoms with E-state index in [-0.39, 0.29) is 60.9 Å². The van der Waals surface area contributed by atoms with Gasteiger partial charge in [0, 0.05) is 61.1 Å². The third-order valence-corrected chi connectivity index (χ3v) is 11.8. The third kappa shape index (κ3) is 10.3. The van der Waals surface area contributed by atoms with Crippen LogP contribution in [-0.4, -0.2) is 56.3 Å². The van der Waals surface area contributed by atoms with Gasteiger partial charge >= 0.3 is 12.2 Å². The van der Waals surface area contributed by atoms with Crippen LogP contribution >= 0.6 is 12.4 Å². The first-order chi connectivity index (χ1) is 33.0. The van der Waals surface area contributed by atoms with E-state index in [0.717, 1.165) is 16.8 Å². The highest BCUT2D eigenvalue weighted by Gasteiger charge is 2.30. The second kappa shape index (κ2) is 20.4. The number of rotatable bonds is 10. The number of aromatic nitrogens is 4. The predicted octanol–water partition coefficient (Wildman–Crippen LogP) is 10.4. The van der Waals surface area contributed by atoms with Crippen molar-refractivity contribution < 1.29 is 28.7 Å². The monoisotopic (exact) mass is 941 g/mol. The van der Waals surface area contributed by atoms with Gasteiger partial charge in [0.2, 0.25) is 5.82 Å². The van der Waals surface area contributed by atoms with Gasteiger partial charge in [-0.3, -0.25) is 20.2 Å². The minimum atomic E-state index is -0.540. The Balaban J connectivity index is 0.000000183. The summed E-state index contributed by atoms with van der Waals surface area (Å²) in [5, 5.41) is 11.0. The highest BCUT2D eigenvalue weighted by molar-refractivity contribution is 6.03. The molecule has 2 aromatic heterocycles. The van der Waals surface area contributed by atoms with E-state index in [0.29, 0.717) is 28.6 Å². The molecular formula is C53H48ClN9O6. The number of hydrogen-bond donors (Lipinski definition) is 5. The molecule has 10 rings (SSSR count). The number of nitrogens with zero attached hydrogens (tertiary/aromatic N) is 4. The van der Waals surface area contributed by atoms with E-state index in [4.69, 9.17) is 15.2 Å². The number of amides is 4. The number of nitrogen functional groups attached to an aromatic ring is 1. The molecule has 15 nitrogen and oxygen atoms in total. The lowest BCUT2D eigenvalue weighted by Crippen LogP contribution is -2.18. The molecule has 0 aliphatic heterocycles. The molecule has 4 amide bonds. The summed E-state index contributed by atoms with van der Waals surface area (Å²) in [5.41, 5.74) is 18.1. The zero-order valence-electron chi connectivity index (χ0n) is 37.8. The number of nitrogens with one attached hydrogen (secondary N) is 4. The van der Waals surface area contributed by atoms with Crippen LogP contribution in [0.3, 0.4) is 0 Å². The van der Waals surface area contributed by atoms with Gasteiger partial charge in [0.05, 0.1) is 5.69 Å². The Kier molecular flexibility index (Phi) is 13.9. The first kappa shape index (κ1) is 46.8. The van der Waals surface area contributed by atoms with Gasteiger partial charge in [-0.25, -0.2) is 19.6 Å². The first-order valence-corrected chi connectivity index (χ1v) is 21.8. The molecule has 6 N–H and O–H groups in total. The molecule has 6 aromatic carbocycles. The molecule has 0 spiro atoms. The highest BCUT2D eigenvalue weighted by Crippen LogP contribution is 2.45. The van der Waals surface area contributed by atoms with E-state index < -0.39 is 12.2 Å². The fourth-order valence-corrected chi connectivity index (χ4v) is 8.68. The molecule has 16 heteroatoms. The number of halogens is 1. The van der Waals surface area contributed by atoms with Crippen molar-refractivity contribution >= 4 is 65.0 Å². The van der Waals surface area contributed by atoms with E-state index in [9.17, 15) is 19.2 Å². The fourth-order valence-electron chi connectivity index (χ4n) is 8.68. The summed E-state index contributed by atoms with van der Waals surface area (Å²) in [6.07, 6.45) is 2.29. The Labute approximate surface area is 404 Å². The van der Waals surface area contributed by atoms with Gasteiger partial charge in [0.25, 0.3) is 11.8 Å². The van der Waals surface area contributed by atoms with Gasteiger partial charge in [0.1, 0.15) is 19.0 Å². The summed E-state index contributed by atoms with van der Waals surface area (Å²) in [6, 6.07) is 46.4. The number of fused-ring (bicyclic) bond motifs is 6. The van der Waals surface area contributed by atoms with E-state index in [1.54, 1.807) is 84.2 Å². The molecule has 2 heterocycles. The van der Waals surface area contributed by atoms with E-state index in [1.807, 2.05) is 55.5 Å². The van der Waals surface area contributed by atoms with Crippen LogP contribution in [0.1, 0.15) is 61.0 Å². The number of hydrogen-bond acceptors (Lipinski definition) is 9. The zero-order valence-corrected chi connectivity index (χ0v) is 38.6. The van der Waals surface area contributed by atoms with Gasteiger partial charge in [0.15, 0.2) is 5.82 Å². The SMILES string of the molecule is Cc1cn(C)c(C(=O)Nc2ccc(NC(=O)OCC3c4ccccc4-c4ccccc43)cc2)n1.Cl.Cn1cc(N)nc1C(=O)Nc1ccc(NC(=O)OCC2c3ccccc3-c3ccccc32)cc1. The molecule has 0 unspecified atom stereocenters. The number of aryl methyl sites for hydroxylation is 3. The van der Waals surface area contributed by atoms with Gasteiger partial charge in [-0.1, -0.05) is 97.1 Å². The molecule has 0 saturated heterocycles. The Morgan fingerprint density at radius 3 is 1.13 bits per heavy atom. The minimum Gasteiger partial charge on any atom is -0.448 e. The second-order valence-corrected chi connectivity index (χ2v) is 16.4. The van der Waals surface area contributed by atoms with E-state index in [1.165, 1.54) is 33.4 Å². The first-order valence-electron chi connectivity index (χ1n) is 21.8. The van der Waals surface area contributed by atoms with E-state index in [2.05, 4.69) is 79.8 Å². The van der Waals surface area contributed by atoms with Crippen LogP contribution < -0.4 is 27.0 Å². The molecule has 348 valence electrons. The van der Waals surface area contributed by atoms with Crippen molar-refractivity contribution in [3.63, 3.8) is 0 Å². The van der Waals surface area contributed by atoms with Gasteiger partial charge in [-0.15, -0.1) is 12.4 Å². The maximum absolute atomic E-state index is 12.5. The summed E-state index contributed by atoms with van der Waals surface area (Å²) in [7, 11) is 3.47. The average Bonchev–Trinajstić information content (AvgIpc) is 4.07. The van der Waals surface area contributed by atoms with Crippen molar-refractivity contribution in [2.75, 3.05) is 40.2 Å². The van der Waals surface area contributed by atoms with Crippen molar-refractivity contribution in [2.24, 2.45) is 14.1 Å². The molecule has 0 radical (unpaired) electrons. The molecular weight excluding hydrogens is 894 g/mol. The van der Waals surface area contributed by atoms with E-state index >= 15 is 0 Å². The minimum absolute atomic E-state index is 0. The highest BCUT2D eigenvalue weighted by atomic mass is 35.5. The molecule has 0 fully saturated rings. The molecule has 69 heavy (non-hydrogen) atoms. The number of carbonyl (C=O) groups excluding carboxylic acids is 4. The van der Waals surface area contributed by atoms with Crippen LogP contribution in [0, 0.1) is 6.92 Å². The molecule has 0 bridgehead atoms. The lowest BCUT2D eigenvalue weighted by atomic mass is 9.98. The molecule has 2 aliphatic rings. The fraction of sp³-hybridized carbons (Fsp3) is 0.132. The topological polar surface area (TPSA) is 197 Å². The molecule has 8 aromatic rings. The number of anilines is 5. The number of carbonyl (C=O) groups is 4. The summed E-state index contributed by atoms with van der Waals surface area (Å²) in [4.78, 5) is 57.9. The maximum Gasteiger partial charge on any atom is 0.411 e. The van der Waals surface area contributed by atoms with Crippen molar-refractivity contribution in [3.8, 4) is 22.3 Å². The zero-order chi connectivity index (χ0) is 47.3. The quantitative estimate of drug-likeness (QED) is 0.0886. The third-order valence-electron chi connectivity index (χ3n) is 11.8. The lowest BCUT2D eigenvalue weighted by molar-refractivity contribution is 0.100. The second-order valence-electron chi connectivity index (χ2n) is 16.4. The standard InChI is InChI=1S/C27H24N4O3.C26H23N5O3.ClH/c1-17-15-31(2)25(28-17)26(32)29-18-11-13-19(14-12-18)30-27(33)34-16-24-22-9-5-3-7-20(22)21-8-4-6-10-23(21)24;1-31-14-23(27)30-24(31)25(32)28-16-10-12-17(13-11-16)29-26(33)34-15-22-20-8-4-2-6-18(20)19-7-3-5-9-21(19)22;/h3-15,24H,16H2,1-2H3,(H,29,32)(H,30,33);2-14,22H,15,27H2,1H3,(H,28,32)(H,29,33);1H. The van der Waals surface area contributed by atoms with Crippen LogP contribution in [0.15, 0.2) is 158 Å². The van der Waals surface area contributed by atoms with Crippen molar-refractivity contribution in [2.45, 2.75) is 18.8 Å². The number of benzene rings is 6. The van der Waals surface area contributed by atoms with Gasteiger partial charge < -0.3 is 35.0 Å². The lowest BCUT2D eigenvalue weighted by Gasteiger charge is -2.14. The average molecular weight is 942 g/mol. The molecule has 0 saturated carbocycles. The smallest absolute Gasteiger partial charge is 0.411 e. The number of nitrogens with two attached hydrogens (primary N) is 1. The van der Waals surface area contributed by atoms with Gasteiger partial charge in [-0.2, -0.15) is 0 Å². The predicted molar refractivity (Wildman–Crippen MR) is 269 cm³/mol. The van der Waals surface area contributed by atoms with Gasteiger partial charge in [-0.05, 0) is 100.0 Å². The normalized spacial score (nSPS) is 11.9. The number of ether oxygens (including phenoxy) is 2. The van der Waals surface area contributed by atoms with Crippen LogP contribution in [-0.2, 0) is 23.6 Å². The van der Waals surface area contributed by atoms with Crippen LogP contribution in [0.5, 0.6) is 0 Å². The van der Waals surface area contributed by atoms with Crippen LogP contribution in [0.4, 0.5) is 38.2 Å².